The summed E-state index contributed by atoms with van der Waals surface area (Å²) in [7, 11) is 0. The Balaban J connectivity index is -0.000000000333. The lowest BCUT2D eigenvalue weighted by Gasteiger charge is -0.197. The van der Waals surface area contributed by atoms with Crippen LogP contribution >= 0.6 is 13.4 Å². The van der Waals surface area contributed by atoms with Crippen LogP contribution in [0.25, 0.3) is 0 Å². The lowest BCUT2D eigenvalue weighted by atomic mass is 12.0. The van der Waals surface area contributed by atoms with E-state index in [0.29, 0.717) is 0 Å². The highest BCUT2D eigenvalue weighted by atomic mass is 32.1. The molecule has 0 amide bonds. The molecule has 1 heteroatoms. The van der Waals surface area contributed by atoms with E-state index < -0.39 is 0 Å². The van der Waals surface area contributed by atoms with Crippen LogP contribution in [0.3, 0.4) is 0 Å². The molecule has 0 aromatic heterocycles. The van der Waals surface area contributed by atoms with Gasteiger partial charge in [0, 0.05) is 0 Å². The van der Waals surface area contributed by atoms with Gasteiger partial charge >= 0.3 is 0 Å². The first-order valence-electron chi connectivity index (χ1n) is 0.447. The minimum absolute atomic E-state index is 0. The van der Waals surface area contributed by atoms with Crippen molar-refractivity contribution in [2.45, 2.75) is 44.6 Å². The molecule has 0 heterocycles. The Morgan fingerprint density at radius 2 is 0.571 bits per heavy atom. The minimum Gasteiger partial charge on any atom is -0.197 e. The molecule has 0 unspecified atom stereocenters. The van der Waals surface area contributed by atoms with E-state index in [1.807, 2.05) is 0 Å². The Hall–Kier alpha value is 0.350. The lowest BCUT2D eigenvalue weighted by molar-refractivity contribution is 2.50. The van der Waals surface area contributed by atoms with Crippen molar-refractivity contribution in [2.24, 2.45) is 0 Å². The molecule has 0 bridgehead atoms. The molecule has 0 spiro atoms. The Labute approximate surface area is 59.9 Å². The van der Waals surface area contributed by atoms with Crippen LogP contribution in [0.2, 0.25) is 0 Å². The van der Waals surface area contributed by atoms with Crippen molar-refractivity contribution in [1.29, 1.82) is 1.12 Å². The first-order valence-corrected chi connectivity index (χ1v) is 0. The Bertz CT molecular complexity index is 8.49. The van der Waals surface area contributed by atoms with E-state index in [-0.39, 0.29) is 44.6 Å². The lowest BCUT2D eigenvalue weighted by Crippen LogP contribution is 0.143. The molecule has 0 aliphatic carbocycles. The summed E-state index contributed by atoms with van der Waals surface area (Å²) in [6.07, 6.45) is 0. The third-order valence-electron chi connectivity index (χ3n) is 0. The molecule has 0 saturated carbocycles. The van der Waals surface area contributed by atoms with Gasteiger partial charge in [-0.3, -0.25) is 0 Å². The summed E-state index contributed by atoms with van der Waals surface area (Å²) in [5.74, 6) is 0. The van der Waals surface area contributed by atoms with Crippen LogP contribution in [0.5, 0.6) is 0 Å². The van der Waals surface area contributed by atoms with Crippen molar-refractivity contribution < 1.29 is 0 Å². The molecule has 0 aliphatic rings. The molecule has 7 heavy (non-hydrogen) atoms. The van der Waals surface area contributed by atoms with Gasteiger partial charge in [0.15, 0.2) is 0 Å². The van der Waals surface area contributed by atoms with Crippen molar-refractivity contribution in [1.82, 2.24) is 0 Å². The average molecular weight is 131 g/mol. The second kappa shape index (κ2) is 1480. The topological polar surface area (TPSA) is 0 Å². The van der Waals surface area contributed by atoms with Crippen LogP contribution in [0.1, 0.15) is 44.6 Å². The van der Waals surface area contributed by atoms with E-state index in [4.69, 9.17) is 1.12 Å². The Morgan fingerprint density at radius 3 is 0.571 bits per heavy atom. The van der Waals surface area contributed by atoms with Crippen molar-refractivity contribution in [3.63, 3.8) is 0 Å². The number of hydrogen-bond donors (Lipinski definition) is 0. The van der Waals surface area contributed by atoms with E-state index in [1.54, 1.807) is 0 Å². The van der Waals surface area contributed by atoms with Crippen molar-refractivity contribution in [2.75, 3.05) is 0 Å². The van der Waals surface area contributed by atoms with Gasteiger partial charge in [-0.05, 0) is 0 Å². The van der Waals surface area contributed by atoms with E-state index >= 15 is 0 Å². The van der Waals surface area contributed by atoms with Gasteiger partial charge in [0.2, 0.25) is 0 Å². The van der Waals surface area contributed by atoms with E-state index in [1.165, 1.54) is 0 Å². The summed E-state index contributed by atoms with van der Waals surface area (Å²) < 4.78 is 5.44. The summed E-state index contributed by atoms with van der Waals surface area (Å²) in [6, 6.07) is 0. The summed E-state index contributed by atoms with van der Waals surface area (Å²) in [5, 5.41) is 0. The molecule has 0 radical (unpaired) electrons. The van der Waals surface area contributed by atoms with E-state index in [0.717, 1.165) is 0 Å². The molecule has 0 aromatic carbocycles. The molecule has 0 N–H and O–H groups in total. The summed E-state index contributed by atoms with van der Waals surface area (Å²) >= 11 is 2.78. The van der Waals surface area contributed by atoms with Crippen LogP contribution in [0.4, 0.5) is 0 Å². The molecular formula is C6H26S. The third-order valence-corrected chi connectivity index (χ3v) is 0. The third kappa shape index (κ3) is 981. The van der Waals surface area contributed by atoms with Crippen LogP contribution in [-0.4, -0.2) is 1.12 Å². The average Bonchev–Trinajstić information content (AvgIpc) is 1.00. The van der Waals surface area contributed by atoms with E-state index in [2.05, 4.69) is 13.4 Å². The smallest absolute Gasteiger partial charge is 0.0985 e. The monoisotopic (exact) mass is 131 g/mol. The first-order chi connectivity index (χ1) is 1.00. The number of hydrogen-bond acceptors (Lipinski definition) is 0. The largest absolute Gasteiger partial charge is 0.197 e. The fourth-order valence-corrected chi connectivity index (χ4v) is 0. The maximum absolute atomic E-state index is 5.44. The summed E-state index contributed by atoms with van der Waals surface area (Å²) in [5.41, 5.74) is 0. The fraction of sp³-hybridized carbons (Fsp3) is 1.00. The fourth-order valence-electron chi connectivity index (χ4n) is 0. The van der Waals surface area contributed by atoms with Crippen molar-refractivity contribution >= 4 is 13.4 Å². The zero-order valence-electron chi connectivity index (χ0n) is 1.45. The van der Waals surface area contributed by atoms with Gasteiger partial charge in [0.25, 0.3) is 0 Å². The van der Waals surface area contributed by atoms with Crippen LogP contribution in [0, 0.1) is 0 Å². The second-order valence-corrected chi connectivity index (χ2v) is 0. The van der Waals surface area contributed by atoms with Crippen molar-refractivity contribution in [3.8, 4) is 0 Å². The van der Waals surface area contributed by atoms with Gasteiger partial charge < -0.3 is 0 Å². The quantitative estimate of drug-likeness (QED) is 0.467. The maximum atomic E-state index is 5.44. The van der Waals surface area contributed by atoms with E-state index in [9.17, 15) is 0 Å². The summed E-state index contributed by atoms with van der Waals surface area (Å²) in [4.78, 5) is 0. The molecule has 0 aliphatic heterocycles. The highest BCUT2D eigenvalue weighted by molar-refractivity contribution is 7.59. The number of rotatable bonds is 0. The molecule has 0 atom stereocenters. The van der Waals surface area contributed by atoms with Crippen molar-refractivity contribution in [3.05, 3.63) is 0 Å². The minimum atomic E-state index is 0. The first kappa shape index (κ1) is 163. The highest BCUT2D eigenvalue weighted by Crippen LogP contribution is 0.648. The van der Waals surface area contributed by atoms with Gasteiger partial charge in [-0.2, -0.15) is 13.4 Å². The summed E-state index contributed by atoms with van der Waals surface area (Å²) in [6.45, 7) is 0. The van der Waals surface area contributed by atoms with Gasteiger partial charge in [-0.15, -0.1) is 0 Å². The SMILES string of the molecule is C.C.C.C.C.C.[2H]S. The Kier molecular flexibility index (Phi) is 34500. The van der Waals surface area contributed by atoms with Gasteiger partial charge in [0.1, 0.15) is 0 Å². The zero-order chi connectivity index (χ0) is 2.00. The van der Waals surface area contributed by atoms with Crippen LogP contribution in [-0.2, 0) is 0 Å². The molecular weight excluding hydrogens is 104 g/mol. The Morgan fingerprint density at radius 1 is 0.571 bits per heavy atom. The molecule has 0 aromatic rings. The standard InChI is InChI=1S/6CH4.H2S/h6*1H4;1H2/i/hD. The van der Waals surface area contributed by atoms with Crippen LogP contribution < -0.4 is 0 Å². The molecule has 0 nitrogen and oxygen atoms in total. The molecule has 0 fully saturated rings. The van der Waals surface area contributed by atoms with Gasteiger partial charge in [0.05, 0.1) is 1.12 Å². The predicted octanol–water partition coefficient (Wildman–Crippen LogP) is 3.93. The zero-order valence-corrected chi connectivity index (χ0v) is 1.34. The predicted molar refractivity (Wildman–Crippen MR) is 50.8 cm³/mol. The van der Waals surface area contributed by atoms with Crippen LogP contribution in [0.15, 0.2) is 0 Å². The second-order valence-electron chi connectivity index (χ2n) is 0. The molecule has 0 rings (SSSR count). The molecule has 56 valence electrons. The highest BCUT2D eigenvalue weighted by Gasteiger charge is -0.0725. The maximum Gasteiger partial charge on any atom is 0.0985 e. The molecule has 0 saturated heterocycles. The normalized spacial score (nSPS) is 1.00. The van der Waals surface area contributed by atoms with Gasteiger partial charge in [-0.1, -0.05) is 44.6 Å². The van der Waals surface area contributed by atoms with Gasteiger partial charge in [-0.25, -0.2) is 0 Å².